The Balaban J connectivity index is 3.11. The van der Waals surface area contributed by atoms with Crippen molar-refractivity contribution < 1.29 is 9.53 Å². The molecule has 0 unspecified atom stereocenters. The summed E-state index contributed by atoms with van der Waals surface area (Å²) in [5, 5.41) is 5.86. The van der Waals surface area contributed by atoms with E-state index in [1.54, 1.807) is 0 Å². The average molecular weight is 188 g/mol. The molecule has 4 nitrogen and oxygen atoms in total. The number of carbonyl (C=O) groups is 1. The molecule has 0 aromatic carbocycles. The van der Waals surface area contributed by atoms with E-state index in [1.165, 1.54) is 0 Å². The summed E-state index contributed by atoms with van der Waals surface area (Å²) in [6.07, 6.45) is 0.542. The Morgan fingerprint density at radius 1 is 1.31 bits per heavy atom. The van der Waals surface area contributed by atoms with Gasteiger partial charge in [-0.25, -0.2) is 0 Å². The standard InChI is InChI=1S/C9H20N2O2/c1-3-10-6-5-9(12)11-7-8-13-4-2/h10H,3-8H2,1-2H3,(H,11,12). The van der Waals surface area contributed by atoms with E-state index in [0.717, 1.165) is 13.1 Å². The van der Waals surface area contributed by atoms with Gasteiger partial charge in [0.2, 0.25) is 5.91 Å². The highest BCUT2D eigenvalue weighted by Gasteiger charge is 1.98. The largest absolute Gasteiger partial charge is 0.380 e. The van der Waals surface area contributed by atoms with E-state index >= 15 is 0 Å². The van der Waals surface area contributed by atoms with Crippen LogP contribution in [0.1, 0.15) is 20.3 Å². The van der Waals surface area contributed by atoms with Gasteiger partial charge in [0.15, 0.2) is 0 Å². The van der Waals surface area contributed by atoms with Gasteiger partial charge in [0.05, 0.1) is 6.61 Å². The van der Waals surface area contributed by atoms with E-state index in [4.69, 9.17) is 4.74 Å². The Kier molecular flexibility index (Phi) is 9.03. The maximum Gasteiger partial charge on any atom is 0.221 e. The van der Waals surface area contributed by atoms with Crippen molar-refractivity contribution in [3.8, 4) is 0 Å². The molecule has 0 aromatic rings. The van der Waals surface area contributed by atoms with Gasteiger partial charge in [0.25, 0.3) is 0 Å². The van der Waals surface area contributed by atoms with Crippen molar-refractivity contribution in [3.05, 3.63) is 0 Å². The zero-order chi connectivity index (χ0) is 9.94. The van der Waals surface area contributed by atoms with Crippen LogP contribution in [0.2, 0.25) is 0 Å². The fraction of sp³-hybridized carbons (Fsp3) is 0.889. The van der Waals surface area contributed by atoms with Crippen molar-refractivity contribution in [2.24, 2.45) is 0 Å². The van der Waals surface area contributed by atoms with Gasteiger partial charge in [-0.15, -0.1) is 0 Å². The van der Waals surface area contributed by atoms with Crippen LogP contribution in [-0.2, 0) is 9.53 Å². The van der Waals surface area contributed by atoms with Gasteiger partial charge >= 0.3 is 0 Å². The lowest BCUT2D eigenvalue weighted by atomic mass is 10.4. The predicted molar refractivity (Wildman–Crippen MR) is 52.7 cm³/mol. The Hall–Kier alpha value is -0.610. The second-order valence-corrected chi connectivity index (χ2v) is 2.65. The Labute approximate surface area is 80.0 Å². The fourth-order valence-electron chi connectivity index (χ4n) is 0.874. The Bertz CT molecular complexity index is 129. The maximum absolute atomic E-state index is 11.1. The first-order valence-electron chi connectivity index (χ1n) is 4.86. The average Bonchev–Trinajstić information content (AvgIpc) is 2.13. The summed E-state index contributed by atoms with van der Waals surface area (Å²) in [7, 11) is 0. The minimum atomic E-state index is 0.0839. The lowest BCUT2D eigenvalue weighted by Gasteiger charge is -2.05. The summed E-state index contributed by atoms with van der Waals surface area (Å²) in [6.45, 7) is 7.53. The summed E-state index contributed by atoms with van der Waals surface area (Å²) >= 11 is 0. The van der Waals surface area contributed by atoms with E-state index < -0.39 is 0 Å². The molecule has 0 radical (unpaired) electrons. The number of carbonyl (C=O) groups excluding carboxylic acids is 1. The van der Waals surface area contributed by atoms with Crippen LogP contribution in [0.15, 0.2) is 0 Å². The second-order valence-electron chi connectivity index (χ2n) is 2.65. The Morgan fingerprint density at radius 3 is 2.69 bits per heavy atom. The van der Waals surface area contributed by atoms with Crippen molar-refractivity contribution in [1.82, 2.24) is 10.6 Å². The van der Waals surface area contributed by atoms with E-state index in [2.05, 4.69) is 10.6 Å². The third-order valence-corrected chi connectivity index (χ3v) is 1.55. The molecule has 0 bridgehead atoms. The van der Waals surface area contributed by atoms with Crippen LogP contribution in [0, 0.1) is 0 Å². The molecule has 0 saturated carbocycles. The first kappa shape index (κ1) is 12.4. The molecule has 0 fully saturated rings. The molecule has 0 rings (SSSR count). The number of ether oxygens (including phenoxy) is 1. The van der Waals surface area contributed by atoms with E-state index in [0.29, 0.717) is 26.2 Å². The van der Waals surface area contributed by atoms with Gasteiger partial charge in [0, 0.05) is 26.1 Å². The number of hydrogen-bond donors (Lipinski definition) is 2. The van der Waals surface area contributed by atoms with Crippen LogP contribution in [0.3, 0.4) is 0 Å². The third kappa shape index (κ3) is 9.30. The zero-order valence-electron chi connectivity index (χ0n) is 8.56. The molecule has 0 aliphatic heterocycles. The molecule has 0 spiro atoms. The highest BCUT2D eigenvalue weighted by molar-refractivity contribution is 5.75. The van der Waals surface area contributed by atoms with Crippen LogP contribution in [0.5, 0.6) is 0 Å². The molecule has 2 N–H and O–H groups in total. The summed E-state index contributed by atoms with van der Waals surface area (Å²) in [5.74, 6) is 0.0839. The fourth-order valence-corrected chi connectivity index (χ4v) is 0.874. The van der Waals surface area contributed by atoms with Gasteiger partial charge in [-0.2, -0.15) is 0 Å². The molecule has 0 aromatic heterocycles. The molecule has 0 atom stereocenters. The summed E-state index contributed by atoms with van der Waals surface area (Å²) in [5.41, 5.74) is 0. The first-order chi connectivity index (χ1) is 6.31. The molecule has 13 heavy (non-hydrogen) atoms. The summed E-state index contributed by atoms with van der Waals surface area (Å²) in [4.78, 5) is 11.1. The van der Waals surface area contributed by atoms with Gasteiger partial charge in [-0.3, -0.25) is 4.79 Å². The normalized spacial score (nSPS) is 10.0. The smallest absolute Gasteiger partial charge is 0.221 e. The monoisotopic (exact) mass is 188 g/mol. The number of nitrogens with one attached hydrogen (secondary N) is 2. The zero-order valence-corrected chi connectivity index (χ0v) is 8.56. The number of rotatable bonds is 8. The quantitative estimate of drug-likeness (QED) is 0.533. The number of amides is 1. The predicted octanol–water partition coefficient (Wildman–Crippen LogP) is 0.139. The van der Waals surface area contributed by atoms with E-state index in [1.807, 2.05) is 13.8 Å². The molecular weight excluding hydrogens is 168 g/mol. The maximum atomic E-state index is 11.1. The molecule has 4 heteroatoms. The third-order valence-electron chi connectivity index (χ3n) is 1.55. The first-order valence-corrected chi connectivity index (χ1v) is 4.86. The van der Waals surface area contributed by atoms with Crippen molar-refractivity contribution in [2.75, 3.05) is 32.8 Å². The highest BCUT2D eigenvalue weighted by Crippen LogP contribution is 1.77. The summed E-state index contributed by atoms with van der Waals surface area (Å²) in [6, 6.07) is 0. The van der Waals surface area contributed by atoms with Gasteiger partial charge < -0.3 is 15.4 Å². The van der Waals surface area contributed by atoms with Crippen molar-refractivity contribution in [1.29, 1.82) is 0 Å². The molecule has 0 heterocycles. The molecule has 0 saturated heterocycles. The number of hydrogen-bond acceptors (Lipinski definition) is 3. The van der Waals surface area contributed by atoms with Crippen molar-refractivity contribution in [3.63, 3.8) is 0 Å². The van der Waals surface area contributed by atoms with Crippen LogP contribution in [-0.4, -0.2) is 38.8 Å². The Morgan fingerprint density at radius 2 is 2.08 bits per heavy atom. The summed E-state index contributed by atoms with van der Waals surface area (Å²) < 4.78 is 5.08. The van der Waals surface area contributed by atoms with Crippen LogP contribution < -0.4 is 10.6 Å². The molecular formula is C9H20N2O2. The van der Waals surface area contributed by atoms with Gasteiger partial charge in [-0.1, -0.05) is 6.92 Å². The van der Waals surface area contributed by atoms with Crippen LogP contribution in [0.25, 0.3) is 0 Å². The lowest BCUT2D eigenvalue weighted by Crippen LogP contribution is -2.30. The lowest BCUT2D eigenvalue weighted by molar-refractivity contribution is -0.121. The highest BCUT2D eigenvalue weighted by atomic mass is 16.5. The van der Waals surface area contributed by atoms with E-state index in [9.17, 15) is 4.79 Å². The minimum Gasteiger partial charge on any atom is -0.380 e. The van der Waals surface area contributed by atoms with E-state index in [-0.39, 0.29) is 5.91 Å². The molecule has 78 valence electrons. The van der Waals surface area contributed by atoms with Crippen LogP contribution in [0.4, 0.5) is 0 Å². The topological polar surface area (TPSA) is 50.4 Å². The van der Waals surface area contributed by atoms with Crippen molar-refractivity contribution >= 4 is 5.91 Å². The van der Waals surface area contributed by atoms with Crippen LogP contribution >= 0.6 is 0 Å². The molecule has 0 aliphatic carbocycles. The van der Waals surface area contributed by atoms with Gasteiger partial charge in [-0.05, 0) is 13.5 Å². The van der Waals surface area contributed by atoms with Crippen molar-refractivity contribution in [2.45, 2.75) is 20.3 Å². The minimum absolute atomic E-state index is 0.0839. The molecule has 1 amide bonds. The van der Waals surface area contributed by atoms with Gasteiger partial charge in [0.1, 0.15) is 0 Å². The molecule has 0 aliphatic rings. The second kappa shape index (κ2) is 9.48. The SMILES string of the molecule is CCNCCC(=O)NCCOCC.